The summed E-state index contributed by atoms with van der Waals surface area (Å²) < 4.78 is 0. The third kappa shape index (κ3) is 3.82. The van der Waals surface area contributed by atoms with Gasteiger partial charge in [0.15, 0.2) is 0 Å². The van der Waals surface area contributed by atoms with Crippen molar-refractivity contribution < 1.29 is 0 Å². The highest BCUT2D eigenvalue weighted by Gasteiger charge is 2.39. The van der Waals surface area contributed by atoms with Crippen LogP contribution in [0.3, 0.4) is 0 Å². The second-order valence-corrected chi connectivity index (χ2v) is 8.44. The fourth-order valence-electron chi connectivity index (χ4n) is 5.33. The van der Waals surface area contributed by atoms with Crippen LogP contribution in [0.2, 0.25) is 0 Å². The molecule has 122 valence electrons. The quantitative estimate of drug-likeness (QED) is 0.835. The molecule has 3 aliphatic rings. The number of hydrogen-bond acceptors (Lipinski definition) is 2. The van der Waals surface area contributed by atoms with Crippen LogP contribution < -0.4 is 5.32 Å². The van der Waals surface area contributed by atoms with E-state index in [1.807, 2.05) is 0 Å². The Morgan fingerprint density at radius 3 is 2.29 bits per heavy atom. The molecule has 0 aromatic carbocycles. The summed E-state index contributed by atoms with van der Waals surface area (Å²) in [5.74, 6) is 0.892. The average molecular weight is 293 g/mol. The van der Waals surface area contributed by atoms with Crippen molar-refractivity contribution in [1.29, 1.82) is 0 Å². The van der Waals surface area contributed by atoms with Gasteiger partial charge in [-0.3, -0.25) is 4.90 Å². The van der Waals surface area contributed by atoms with E-state index in [4.69, 9.17) is 0 Å². The minimum Gasteiger partial charge on any atom is -0.316 e. The molecular formula is C19H36N2. The largest absolute Gasteiger partial charge is 0.316 e. The summed E-state index contributed by atoms with van der Waals surface area (Å²) in [5, 5.41) is 3.59. The number of nitrogens with zero attached hydrogens (tertiary/aromatic N) is 1. The van der Waals surface area contributed by atoms with Gasteiger partial charge in [-0.1, -0.05) is 12.8 Å². The Labute approximate surface area is 132 Å². The van der Waals surface area contributed by atoms with Gasteiger partial charge in [0, 0.05) is 18.6 Å². The van der Waals surface area contributed by atoms with Crippen LogP contribution in [0.15, 0.2) is 0 Å². The molecule has 21 heavy (non-hydrogen) atoms. The van der Waals surface area contributed by atoms with Crippen LogP contribution in [-0.2, 0) is 0 Å². The van der Waals surface area contributed by atoms with Crippen LogP contribution in [0, 0.1) is 11.3 Å². The first kappa shape index (κ1) is 15.8. The first-order valence-electron chi connectivity index (χ1n) is 9.65. The van der Waals surface area contributed by atoms with Crippen molar-refractivity contribution in [2.75, 3.05) is 19.6 Å². The van der Waals surface area contributed by atoms with Crippen molar-refractivity contribution in [3.63, 3.8) is 0 Å². The second kappa shape index (κ2) is 7.00. The third-order valence-electron chi connectivity index (χ3n) is 6.68. The Morgan fingerprint density at radius 2 is 1.71 bits per heavy atom. The molecule has 1 saturated heterocycles. The van der Waals surface area contributed by atoms with Gasteiger partial charge in [0.05, 0.1) is 0 Å². The molecule has 0 aromatic rings. The molecule has 0 bridgehead atoms. The van der Waals surface area contributed by atoms with Crippen LogP contribution >= 0.6 is 0 Å². The fourth-order valence-corrected chi connectivity index (χ4v) is 5.33. The summed E-state index contributed by atoms with van der Waals surface area (Å²) in [6.07, 6.45) is 14.9. The van der Waals surface area contributed by atoms with Crippen LogP contribution in [0.4, 0.5) is 0 Å². The zero-order valence-corrected chi connectivity index (χ0v) is 14.4. The maximum absolute atomic E-state index is 3.59. The van der Waals surface area contributed by atoms with Gasteiger partial charge in [0.1, 0.15) is 0 Å². The molecule has 3 rings (SSSR count). The lowest BCUT2D eigenvalue weighted by Gasteiger charge is -2.45. The summed E-state index contributed by atoms with van der Waals surface area (Å²) in [7, 11) is 0. The lowest BCUT2D eigenvalue weighted by Crippen LogP contribution is -2.48. The molecule has 2 heteroatoms. The van der Waals surface area contributed by atoms with Gasteiger partial charge in [-0.15, -0.1) is 0 Å². The molecule has 0 aromatic heterocycles. The Bertz CT molecular complexity index is 304. The lowest BCUT2D eigenvalue weighted by atomic mass is 9.71. The Morgan fingerprint density at radius 1 is 1.00 bits per heavy atom. The smallest absolute Gasteiger partial charge is 0.00984 e. The van der Waals surface area contributed by atoms with Crippen molar-refractivity contribution in [2.24, 2.45) is 11.3 Å². The molecule has 2 nitrogen and oxygen atoms in total. The van der Waals surface area contributed by atoms with Crippen LogP contribution in [0.25, 0.3) is 0 Å². The highest BCUT2D eigenvalue weighted by atomic mass is 15.2. The number of rotatable bonds is 4. The molecule has 1 atom stereocenters. The first-order chi connectivity index (χ1) is 10.2. The number of nitrogens with one attached hydrogen (secondary N) is 1. The van der Waals surface area contributed by atoms with Gasteiger partial charge < -0.3 is 5.32 Å². The van der Waals surface area contributed by atoms with Gasteiger partial charge >= 0.3 is 0 Å². The highest BCUT2D eigenvalue weighted by Crippen LogP contribution is 2.49. The molecule has 1 spiro atoms. The number of hydrogen-bond donors (Lipinski definition) is 1. The van der Waals surface area contributed by atoms with Crippen molar-refractivity contribution >= 4 is 0 Å². The van der Waals surface area contributed by atoms with E-state index in [1.54, 1.807) is 0 Å². The molecule has 0 radical (unpaired) electrons. The van der Waals surface area contributed by atoms with E-state index < -0.39 is 0 Å². The minimum absolute atomic E-state index is 0.717. The predicted molar refractivity (Wildman–Crippen MR) is 90.6 cm³/mol. The van der Waals surface area contributed by atoms with E-state index >= 15 is 0 Å². The summed E-state index contributed by atoms with van der Waals surface area (Å²) in [4.78, 5) is 2.86. The van der Waals surface area contributed by atoms with E-state index in [1.165, 1.54) is 83.8 Å². The second-order valence-electron chi connectivity index (χ2n) is 8.44. The van der Waals surface area contributed by atoms with Crippen LogP contribution in [0.1, 0.15) is 78.1 Å². The standard InChI is InChI=1S/C19H36N2/c1-16(2)21(15-17-6-5-13-20-14-17)18-7-11-19(12-8-18)9-3-4-10-19/h16-18,20H,3-15H2,1-2H3. The minimum atomic E-state index is 0.717. The van der Waals surface area contributed by atoms with Crippen molar-refractivity contribution in [1.82, 2.24) is 10.2 Å². The van der Waals surface area contributed by atoms with Crippen molar-refractivity contribution in [3.05, 3.63) is 0 Å². The molecule has 2 saturated carbocycles. The Hall–Kier alpha value is -0.0800. The molecule has 2 aliphatic carbocycles. The first-order valence-corrected chi connectivity index (χ1v) is 9.65. The zero-order valence-electron chi connectivity index (χ0n) is 14.4. The van der Waals surface area contributed by atoms with Gasteiger partial charge in [0.2, 0.25) is 0 Å². The summed E-state index contributed by atoms with van der Waals surface area (Å²) in [6, 6.07) is 1.59. The van der Waals surface area contributed by atoms with E-state index in [-0.39, 0.29) is 0 Å². The maximum Gasteiger partial charge on any atom is 0.00984 e. The number of piperidine rings is 1. The monoisotopic (exact) mass is 292 g/mol. The zero-order chi connectivity index (χ0) is 14.7. The topological polar surface area (TPSA) is 15.3 Å². The maximum atomic E-state index is 3.59. The summed E-state index contributed by atoms with van der Waals surface area (Å²) in [6.45, 7) is 8.65. The molecule has 1 N–H and O–H groups in total. The van der Waals surface area contributed by atoms with Crippen molar-refractivity contribution in [2.45, 2.75) is 90.1 Å². The van der Waals surface area contributed by atoms with Gasteiger partial charge in [-0.2, -0.15) is 0 Å². The van der Waals surface area contributed by atoms with Crippen LogP contribution in [0.5, 0.6) is 0 Å². The van der Waals surface area contributed by atoms with Crippen molar-refractivity contribution in [3.8, 4) is 0 Å². The molecule has 1 aliphatic heterocycles. The molecule has 1 unspecified atom stereocenters. The lowest BCUT2D eigenvalue weighted by molar-refractivity contribution is 0.0549. The normalized spacial score (nSPS) is 30.6. The van der Waals surface area contributed by atoms with Gasteiger partial charge in [-0.05, 0) is 89.6 Å². The highest BCUT2D eigenvalue weighted by molar-refractivity contribution is 4.93. The Balaban J connectivity index is 1.54. The summed E-state index contributed by atoms with van der Waals surface area (Å²) >= 11 is 0. The molecular weight excluding hydrogens is 256 g/mol. The van der Waals surface area contributed by atoms with Gasteiger partial charge in [0.25, 0.3) is 0 Å². The average Bonchev–Trinajstić information content (AvgIpc) is 2.95. The Kier molecular flexibility index (Phi) is 5.27. The van der Waals surface area contributed by atoms with E-state index in [9.17, 15) is 0 Å². The fraction of sp³-hybridized carbons (Fsp3) is 1.00. The predicted octanol–water partition coefficient (Wildman–Crippen LogP) is 4.20. The van der Waals surface area contributed by atoms with E-state index in [0.29, 0.717) is 0 Å². The molecule has 0 amide bonds. The molecule has 1 heterocycles. The van der Waals surface area contributed by atoms with Crippen LogP contribution in [-0.4, -0.2) is 36.6 Å². The molecule has 3 fully saturated rings. The third-order valence-corrected chi connectivity index (χ3v) is 6.68. The van der Waals surface area contributed by atoms with E-state index in [0.717, 1.165) is 23.4 Å². The SMILES string of the molecule is CC(C)N(CC1CCCNC1)C1CCC2(CCCC2)CC1. The van der Waals surface area contributed by atoms with Gasteiger partial charge in [-0.25, -0.2) is 0 Å². The van der Waals surface area contributed by atoms with E-state index in [2.05, 4.69) is 24.1 Å². The summed E-state index contributed by atoms with van der Waals surface area (Å²) in [5.41, 5.74) is 0.783.